The molecule has 1 aromatic rings. The van der Waals surface area contributed by atoms with Gasteiger partial charge in [-0.25, -0.2) is 0 Å². The SMILES string of the molecule is CC(C)Oc1ccc(C(=O)NC2CCCC2)cc1. The predicted octanol–water partition coefficient (Wildman–Crippen LogP) is 3.15. The summed E-state index contributed by atoms with van der Waals surface area (Å²) in [6.07, 6.45) is 4.84. The molecule has 3 nitrogen and oxygen atoms in total. The summed E-state index contributed by atoms with van der Waals surface area (Å²) in [5.74, 6) is 0.834. The number of carbonyl (C=O) groups is 1. The Morgan fingerprint density at radius 2 is 1.83 bits per heavy atom. The maximum Gasteiger partial charge on any atom is 0.251 e. The van der Waals surface area contributed by atoms with Crippen molar-refractivity contribution in [2.75, 3.05) is 0 Å². The summed E-state index contributed by atoms with van der Waals surface area (Å²) in [6, 6.07) is 7.71. The monoisotopic (exact) mass is 247 g/mol. The van der Waals surface area contributed by atoms with E-state index < -0.39 is 0 Å². The summed E-state index contributed by atoms with van der Waals surface area (Å²) in [5, 5.41) is 3.08. The summed E-state index contributed by atoms with van der Waals surface area (Å²) >= 11 is 0. The number of ether oxygens (including phenoxy) is 1. The molecule has 1 fully saturated rings. The van der Waals surface area contributed by atoms with Crippen LogP contribution in [0.2, 0.25) is 0 Å². The number of hydrogen-bond donors (Lipinski definition) is 1. The molecule has 0 unspecified atom stereocenters. The van der Waals surface area contributed by atoms with E-state index in [0.29, 0.717) is 11.6 Å². The molecular formula is C15H21NO2. The highest BCUT2D eigenvalue weighted by Gasteiger charge is 2.17. The Bertz CT molecular complexity index is 391. The van der Waals surface area contributed by atoms with Gasteiger partial charge in [0, 0.05) is 11.6 Å². The Morgan fingerprint density at radius 3 is 2.39 bits per heavy atom. The van der Waals surface area contributed by atoms with Gasteiger partial charge >= 0.3 is 0 Å². The molecule has 0 saturated heterocycles. The van der Waals surface area contributed by atoms with Gasteiger partial charge < -0.3 is 10.1 Å². The maximum absolute atomic E-state index is 12.0. The second kappa shape index (κ2) is 5.89. The van der Waals surface area contributed by atoms with Gasteiger partial charge in [-0.15, -0.1) is 0 Å². The molecule has 0 bridgehead atoms. The summed E-state index contributed by atoms with van der Waals surface area (Å²) in [4.78, 5) is 12.0. The van der Waals surface area contributed by atoms with Gasteiger partial charge in [0.1, 0.15) is 5.75 Å². The standard InChI is InChI=1S/C15H21NO2/c1-11(2)18-14-9-7-12(8-10-14)15(17)16-13-5-3-4-6-13/h7-11,13H,3-6H2,1-2H3,(H,16,17). The number of amides is 1. The lowest BCUT2D eigenvalue weighted by Crippen LogP contribution is -2.32. The van der Waals surface area contributed by atoms with Crippen LogP contribution >= 0.6 is 0 Å². The van der Waals surface area contributed by atoms with Gasteiger partial charge in [-0.05, 0) is 51.0 Å². The van der Waals surface area contributed by atoms with Crippen LogP contribution in [0.15, 0.2) is 24.3 Å². The minimum atomic E-state index is 0.0259. The second-order valence-electron chi connectivity index (χ2n) is 5.15. The third-order valence-electron chi connectivity index (χ3n) is 3.18. The highest BCUT2D eigenvalue weighted by molar-refractivity contribution is 5.94. The molecule has 0 radical (unpaired) electrons. The molecule has 0 aromatic heterocycles. The van der Waals surface area contributed by atoms with Crippen molar-refractivity contribution >= 4 is 5.91 Å². The average Bonchev–Trinajstić information content (AvgIpc) is 2.82. The number of nitrogens with one attached hydrogen (secondary N) is 1. The van der Waals surface area contributed by atoms with E-state index in [1.807, 2.05) is 38.1 Å². The van der Waals surface area contributed by atoms with Crippen LogP contribution in [0.1, 0.15) is 49.9 Å². The van der Waals surface area contributed by atoms with Crippen molar-refractivity contribution in [3.05, 3.63) is 29.8 Å². The van der Waals surface area contributed by atoms with Crippen molar-refractivity contribution < 1.29 is 9.53 Å². The molecule has 1 aliphatic rings. The molecule has 98 valence electrons. The van der Waals surface area contributed by atoms with Crippen LogP contribution in [0, 0.1) is 0 Å². The minimum Gasteiger partial charge on any atom is -0.491 e. The Morgan fingerprint density at radius 1 is 1.22 bits per heavy atom. The van der Waals surface area contributed by atoms with Gasteiger partial charge in [0.15, 0.2) is 0 Å². The van der Waals surface area contributed by atoms with E-state index in [1.54, 1.807) is 0 Å². The van der Waals surface area contributed by atoms with Gasteiger partial charge in [-0.2, -0.15) is 0 Å². The highest BCUT2D eigenvalue weighted by atomic mass is 16.5. The lowest BCUT2D eigenvalue weighted by Gasteiger charge is -2.13. The van der Waals surface area contributed by atoms with Gasteiger partial charge in [-0.3, -0.25) is 4.79 Å². The van der Waals surface area contributed by atoms with E-state index in [0.717, 1.165) is 18.6 Å². The fourth-order valence-electron chi connectivity index (χ4n) is 2.30. The maximum atomic E-state index is 12.0. The molecular weight excluding hydrogens is 226 g/mol. The second-order valence-corrected chi connectivity index (χ2v) is 5.15. The van der Waals surface area contributed by atoms with Gasteiger partial charge in [0.2, 0.25) is 0 Å². The normalized spacial score (nSPS) is 15.9. The highest BCUT2D eigenvalue weighted by Crippen LogP contribution is 2.19. The Balaban J connectivity index is 1.93. The lowest BCUT2D eigenvalue weighted by molar-refractivity contribution is 0.0938. The topological polar surface area (TPSA) is 38.3 Å². The first-order valence-electron chi connectivity index (χ1n) is 6.73. The molecule has 2 rings (SSSR count). The quantitative estimate of drug-likeness (QED) is 0.887. The Labute approximate surface area is 109 Å². The van der Waals surface area contributed by atoms with E-state index in [9.17, 15) is 4.79 Å². The average molecular weight is 247 g/mol. The van der Waals surface area contributed by atoms with Crippen molar-refractivity contribution in [1.29, 1.82) is 0 Å². The molecule has 3 heteroatoms. The molecule has 0 atom stereocenters. The number of hydrogen-bond acceptors (Lipinski definition) is 2. The first-order valence-corrected chi connectivity index (χ1v) is 6.73. The molecule has 1 aliphatic carbocycles. The summed E-state index contributed by atoms with van der Waals surface area (Å²) < 4.78 is 5.55. The van der Waals surface area contributed by atoms with Crippen molar-refractivity contribution in [3.8, 4) is 5.75 Å². The van der Waals surface area contributed by atoms with Crippen molar-refractivity contribution in [3.63, 3.8) is 0 Å². The molecule has 1 aromatic carbocycles. The lowest BCUT2D eigenvalue weighted by atomic mass is 10.1. The van der Waals surface area contributed by atoms with Crippen LogP contribution in [0.5, 0.6) is 5.75 Å². The third kappa shape index (κ3) is 3.49. The van der Waals surface area contributed by atoms with Crippen LogP contribution < -0.4 is 10.1 Å². The summed E-state index contributed by atoms with van der Waals surface area (Å²) in [5.41, 5.74) is 0.706. The molecule has 1 N–H and O–H groups in total. The molecule has 0 aliphatic heterocycles. The van der Waals surface area contributed by atoms with Crippen LogP contribution in [0.25, 0.3) is 0 Å². The van der Waals surface area contributed by atoms with E-state index >= 15 is 0 Å². The van der Waals surface area contributed by atoms with Gasteiger partial charge in [0.05, 0.1) is 6.10 Å². The van der Waals surface area contributed by atoms with Crippen molar-refractivity contribution in [2.24, 2.45) is 0 Å². The first-order chi connectivity index (χ1) is 8.65. The largest absolute Gasteiger partial charge is 0.491 e. The number of carbonyl (C=O) groups excluding carboxylic acids is 1. The van der Waals surface area contributed by atoms with Crippen LogP contribution in [0.4, 0.5) is 0 Å². The van der Waals surface area contributed by atoms with Crippen molar-refractivity contribution in [1.82, 2.24) is 5.32 Å². The number of benzene rings is 1. The summed E-state index contributed by atoms with van der Waals surface area (Å²) in [6.45, 7) is 3.97. The number of rotatable bonds is 4. The zero-order chi connectivity index (χ0) is 13.0. The van der Waals surface area contributed by atoms with Crippen LogP contribution in [0.3, 0.4) is 0 Å². The fourth-order valence-corrected chi connectivity index (χ4v) is 2.30. The predicted molar refractivity (Wildman–Crippen MR) is 71.9 cm³/mol. The zero-order valence-electron chi connectivity index (χ0n) is 11.1. The third-order valence-corrected chi connectivity index (χ3v) is 3.18. The van der Waals surface area contributed by atoms with E-state index in [1.165, 1.54) is 12.8 Å². The molecule has 1 saturated carbocycles. The molecule has 0 spiro atoms. The van der Waals surface area contributed by atoms with E-state index in [2.05, 4.69) is 5.32 Å². The smallest absolute Gasteiger partial charge is 0.251 e. The fraction of sp³-hybridized carbons (Fsp3) is 0.533. The minimum absolute atomic E-state index is 0.0259. The van der Waals surface area contributed by atoms with E-state index in [-0.39, 0.29) is 12.0 Å². The molecule has 1 amide bonds. The van der Waals surface area contributed by atoms with E-state index in [4.69, 9.17) is 4.74 Å². The zero-order valence-corrected chi connectivity index (χ0v) is 11.1. The van der Waals surface area contributed by atoms with Crippen LogP contribution in [-0.4, -0.2) is 18.1 Å². The Kier molecular flexibility index (Phi) is 4.24. The Hall–Kier alpha value is -1.51. The van der Waals surface area contributed by atoms with Gasteiger partial charge in [-0.1, -0.05) is 12.8 Å². The summed E-state index contributed by atoms with van der Waals surface area (Å²) in [7, 11) is 0. The van der Waals surface area contributed by atoms with Gasteiger partial charge in [0.25, 0.3) is 5.91 Å². The van der Waals surface area contributed by atoms with Crippen molar-refractivity contribution in [2.45, 2.75) is 51.7 Å². The molecule has 18 heavy (non-hydrogen) atoms. The molecule has 0 heterocycles. The first kappa shape index (κ1) is 12.9. The van der Waals surface area contributed by atoms with Crippen LogP contribution in [-0.2, 0) is 0 Å².